The summed E-state index contributed by atoms with van der Waals surface area (Å²) in [4.78, 5) is 0. The zero-order valence-corrected chi connectivity index (χ0v) is 19.2. The van der Waals surface area contributed by atoms with Crippen LogP contribution in [-0.4, -0.2) is 8.07 Å². The van der Waals surface area contributed by atoms with Crippen LogP contribution in [0.2, 0.25) is 0 Å². The quantitative estimate of drug-likeness (QED) is 0.347. The van der Waals surface area contributed by atoms with Crippen LogP contribution in [0.15, 0.2) is 95.4 Å². The molecule has 0 saturated carbocycles. The van der Waals surface area contributed by atoms with Gasteiger partial charge in [0.05, 0.1) is 0 Å². The van der Waals surface area contributed by atoms with Crippen molar-refractivity contribution in [3.63, 3.8) is 0 Å². The van der Waals surface area contributed by atoms with Gasteiger partial charge in [-0.3, -0.25) is 12.2 Å². The van der Waals surface area contributed by atoms with E-state index in [1.54, 1.807) is 0 Å². The van der Waals surface area contributed by atoms with Gasteiger partial charge in [-0.1, -0.05) is 71.0 Å². The Morgan fingerprint density at radius 2 is 1.00 bits per heavy atom. The van der Waals surface area contributed by atoms with Gasteiger partial charge in [0.1, 0.15) is 8.07 Å². The van der Waals surface area contributed by atoms with Crippen LogP contribution in [-0.2, 0) is 26.2 Å². The minimum atomic E-state index is -2.24. The number of hydrogen-bond acceptors (Lipinski definition) is 0. The summed E-state index contributed by atoms with van der Waals surface area (Å²) in [7, 11) is -2.24. The Kier molecular flexibility index (Phi) is 9.27. The van der Waals surface area contributed by atoms with Gasteiger partial charge in [-0.15, -0.1) is 12.8 Å². The van der Waals surface area contributed by atoms with Crippen molar-refractivity contribution in [3.8, 4) is 0 Å². The van der Waals surface area contributed by atoms with Crippen molar-refractivity contribution >= 4 is 18.4 Å². The summed E-state index contributed by atoms with van der Waals surface area (Å²) >= 11 is 0. The molecule has 0 radical (unpaired) electrons. The number of benzene rings is 2. The first kappa shape index (κ1) is 23.1. The van der Waals surface area contributed by atoms with Crippen molar-refractivity contribution in [2.45, 2.75) is 12.8 Å². The normalized spacial score (nSPS) is 14.6. The second-order valence-corrected chi connectivity index (χ2v) is 9.61. The third-order valence-corrected chi connectivity index (χ3v) is 9.31. The van der Waals surface area contributed by atoms with Crippen LogP contribution in [0.25, 0.3) is 0 Å². The Morgan fingerprint density at radius 1 is 0.615 bits per heavy atom. The van der Waals surface area contributed by atoms with Gasteiger partial charge in [0.15, 0.2) is 0 Å². The van der Waals surface area contributed by atoms with E-state index in [2.05, 4.69) is 97.1 Å². The van der Waals surface area contributed by atoms with Crippen molar-refractivity contribution in [2.24, 2.45) is 0 Å². The van der Waals surface area contributed by atoms with E-state index >= 15 is 0 Å². The van der Waals surface area contributed by atoms with Gasteiger partial charge in [0.25, 0.3) is 0 Å². The predicted molar refractivity (Wildman–Crippen MR) is 98.9 cm³/mol. The van der Waals surface area contributed by atoms with E-state index in [0.29, 0.717) is 0 Å². The molecule has 0 unspecified atom stereocenters. The Labute approximate surface area is 188 Å². The summed E-state index contributed by atoms with van der Waals surface area (Å²) in [6.07, 6.45) is 18.1. The number of rotatable bonds is 4. The summed E-state index contributed by atoms with van der Waals surface area (Å²) in [5.41, 5.74) is 0. The fourth-order valence-corrected chi connectivity index (χ4v) is 8.36. The van der Waals surface area contributed by atoms with Gasteiger partial charge in [0, 0.05) is 0 Å². The molecule has 0 heterocycles. The molecule has 128 valence electrons. The van der Waals surface area contributed by atoms with Crippen LogP contribution in [0.1, 0.15) is 12.8 Å². The van der Waals surface area contributed by atoms with E-state index in [1.807, 2.05) is 0 Å². The van der Waals surface area contributed by atoms with Crippen LogP contribution in [0, 0.1) is 12.2 Å². The molecule has 0 bridgehead atoms. The molecule has 2 aliphatic carbocycles. The van der Waals surface area contributed by atoms with Crippen LogP contribution in [0.3, 0.4) is 0 Å². The maximum absolute atomic E-state index is 3.64. The summed E-state index contributed by atoms with van der Waals surface area (Å²) in [6, 6.07) is 21.9. The molecule has 0 aliphatic heterocycles. The molecular formula is C22H18Cl2SiZr. The minimum absolute atomic E-state index is 0. The molecule has 4 rings (SSSR count). The van der Waals surface area contributed by atoms with Crippen molar-refractivity contribution in [2.75, 3.05) is 0 Å². The molecule has 0 amide bonds. The first-order chi connectivity index (χ1) is 11.4. The van der Waals surface area contributed by atoms with Crippen molar-refractivity contribution in [1.82, 2.24) is 0 Å². The first-order valence-corrected chi connectivity index (χ1v) is 10.1. The van der Waals surface area contributed by atoms with Crippen LogP contribution in [0.4, 0.5) is 0 Å². The molecule has 0 aromatic heterocycles. The SMILES string of the molecule is [C-]1=C([Si](C2=[C-]CC=C2)(c2ccccc2)c2ccccc2)C=CC1.[Cl-].[Cl-].[Zr+4]. The van der Waals surface area contributed by atoms with E-state index in [-0.39, 0.29) is 51.0 Å². The van der Waals surface area contributed by atoms with Gasteiger partial charge < -0.3 is 24.8 Å². The maximum atomic E-state index is 3.64. The zero-order chi connectivity index (χ0) is 15.5. The van der Waals surface area contributed by atoms with Crippen LogP contribution < -0.4 is 35.2 Å². The molecule has 2 aromatic carbocycles. The molecule has 4 heteroatoms. The molecule has 26 heavy (non-hydrogen) atoms. The van der Waals surface area contributed by atoms with Crippen LogP contribution >= 0.6 is 0 Å². The van der Waals surface area contributed by atoms with Crippen molar-refractivity contribution < 1.29 is 51.0 Å². The second kappa shape index (κ2) is 10.4. The van der Waals surface area contributed by atoms with E-state index < -0.39 is 8.07 Å². The van der Waals surface area contributed by atoms with E-state index in [9.17, 15) is 0 Å². The standard InChI is InChI=1S/C22H18Si.2ClH.Zr/c1-3-11-19(12-4-1)23(21-15-7-8-16-21,22-17-9-10-18-22)20-13-5-2-6-14-20;;;/h1-7,9,11-15,17H,8,10H2;2*1H;/q-2;;;+4/p-2. The third-order valence-electron chi connectivity index (χ3n) is 4.61. The Hall–Kier alpha value is -0.920. The molecule has 0 spiro atoms. The average molecular weight is 473 g/mol. The largest absolute Gasteiger partial charge is 4.00 e. The summed E-state index contributed by atoms with van der Waals surface area (Å²) in [6.45, 7) is 0. The fourth-order valence-electron chi connectivity index (χ4n) is 3.63. The smallest absolute Gasteiger partial charge is 1.00 e. The molecule has 0 nitrogen and oxygen atoms in total. The first-order valence-electron chi connectivity index (χ1n) is 8.09. The molecule has 0 atom stereocenters. The molecule has 0 N–H and O–H groups in total. The van der Waals surface area contributed by atoms with Gasteiger partial charge in [0.2, 0.25) is 0 Å². The summed E-state index contributed by atoms with van der Waals surface area (Å²) < 4.78 is 0. The van der Waals surface area contributed by atoms with Gasteiger partial charge >= 0.3 is 26.2 Å². The van der Waals surface area contributed by atoms with Crippen LogP contribution in [0.5, 0.6) is 0 Å². The monoisotopic (exact) mass is 470 g/mol. The molecule has 0 fully saturated rings. The second-order valence-electron chi connectivity index (χ2n) is 5.88. The number of hydrogen-bond donors (Lipinski definition) is 0. The number of allylic oxidation sites excluding steroid dienone is 8. The Balaban J connectivity index is 0.00000113. The van der Waals surface area contributed by atoms with Gasteiger partial charge in [-0.2, -0.15) is 12.2 Å². The van der Waals surface area contributed by atoms with E-state index in [0.717, 1.165) is 12.8 Å². The summed E-state index contributed by atoms with van der Waals surface area (Å²) in [5, 5.41) is 5.55. The molecule has 0 saturated heterocycles. The minimum Gasteiger partial charge on any atom is -1.00 e. The Bertz CT molecular complexity index is 752. The fraction of sp³-hybridized carbons (Fsp3) is 0.0909. The van der Waals surface area contributed by atoms with E-state index in [4.69, 9.17) is 0 Å². The zero-order valence-electron chi connectivity index (χ0n) is 14.3. The molecule has 2 aliphatic rings. The van der Waals surface area contributed by atoms with Crippen molar-refractivity contribution in [1.29, 1.82) is 0 Å². The topological polar surface area (TPSA) is 0 Å². The predicted octanol–water partition coefficient (Wildman–Crippen LogP) is -2.29. The third kappa shape index (κ3) is 3.99. The number of halogens is 2. The summed E-state index contributed by atoms with van der Waals surface area (Å²) in [5.74, 6) is 0. The van der Waals surface area contributed by atoms with Crippen molar-refractivity contribution in [3.05, 3.63) is 108 Å². The van der Waals surface area contributed by atoms with Gasteiger partial charge in [-0.25, -0.2) is 22.5 Å². The average Bonchev–Trinajstić information content (AvgIpc) is 3.32. The van der Waals surface area contributed by atoms with E-state index in [1.165, 1.54) is 20.8 Å². The maximum Gasteiger partial charge on any atom is 4.00 e. The molecular weight excluding hydrogens is 454 g/mol. The molecule has 2 aromatic rings. The van der Waals surface area contributed by atoms with Gasteiger partial charge in [-0.05, 0) is 0 Å². The Morgan fingerprint density at radius 3 is 1.31 bits per heavy atom.